The van der Waals surface area contributed by atoms with E-state index in [-0.39, 0.29) is 11.3 Å². The second-order valence-electron chi connectivity index (χ2n) is 5.50. The van der Waals surface area contributed by atoms with Crippen LogP contribution in [0, 0.1) is 0 Å². The molecule has 7 nitrogen and oxygen atoms in total. The third kappa shape index (κ3) is 4.65. The second kappa shape index (κ2) is 8.37. The quantitative estimate of drug-likeness (QED) is 0.623. The van der Waals surface area contributed by atoms with Gasteiger partial charge in [-0.3, -0.25) is 9.78 Å². The normalized spacial score (nSPS) is 10.3. The molecule has 0 aliphatic carbocycles. The molecule has 0 bridgehead atoms. The van der Waals surface area contributed by atoms with Crippen molar-refractivity contribution in [3.8, 4) is 0 Å². The molecule has 0 atom stereocenters. The van der Waals surface area contributed by atoms with Crippen molar-refractivity contribution in [2.24, 2.45) is 0 Å². The Morgan fingerprint density at radius 1 is 1.22 bits per heavy atom. The van der Waals surface area contributed by atoms with Gasteiger partial charge in [0.05, 0.1) is 36.2 Å². The predicted octanol–water partition coefficient (Wildman–Crippen LogP) is 3.98. The molecule has 2 aromatic heterocycles. The van der Waals surface area contributed by atoms with Crippen molar-refractivity contribution >= 4 is 34.9 Å². The van der Waals surface area contributed by atoms with E-state index in [0.29, 0.717) is 22.9 Å². The van der Waals surface area contributed by atoms with E-state index in [1.54, 1.807) is 24.5 Å². The van der Waals surface area contributed by atoms with Crippen molar-refractivity contribution in [1.82, 2.24) is 4.98 Å². The van der Waals surface area contributed by atoms with Gasteiger partial charge in [0, 0.05) is 11.9 Å². The van der Waals surface area contributed by atoms with Crippen LogP contribution < -0.4 is 10.6 Å². The van der Waals surface area contributed by atoms with E-state index in [4.69, 9.17) is 16.0 Å². The molecule has 0 aliphatic rings. The lowest BCUT2D eigenvalue weighted by Crippen LogP contribution is -2.15. The predicted molar refractivity (Wildman–Crippen MR) is 101 cm³/mol. The number of aromatic nitrogens is 1. The van der Waals surface area contributed by atoms with Crippen molar-refractivity contribution in [2.45, 2.75) is 6.54 Å². The molecular formula is C19H16ClN3O4. The lowest BCUT2D eigenvalue weighted by Gasteiger charge is -2.10. The maximum atomic E-state index is 12.5. The molecule has 1 amide bonds. The van der Waals surface area contributed by atoms with Crippen LogP contribution in [0.25, 0.3) is 0 Å². The number of anilines is 2. The molecule has 3 aromatic rings. The van der Waals surface area contributed by atoms with Gasteiger partial charge in [0.15, 0.2) is 0 Å². The van der Waals surface area contributed by atoms with Crippen LogP contribution in [0.2, 0.25) is 5.02 Å². The van der Waals surface area contributed by atoms with Crippen LogP contribution in [-0.4, -0.2) is 24.0 Å². The van der Waals surface area contributed by atoms with E-state index in [1.807, 2.05) is 6.07 Å². The smallest absolute Gasteiger partial charge is 0.337 e. The first-order valence-electron chi connectivity index (χ1n) is 7.98. The monoisotopic (exact) mass is 385 g/mol. The topological polar surface area (TPSA) is 93.5 Å². The summed E-state index contributed by atoms with van der Waals surface area (Å²) >= 11 is 6.10. The summed E-state index contributed by atoms with van der Waals surface area (Å²) in [5.74, 6) is -0.214. The first kappa shape index (κ1) is 18.5. The number of nitrogens with one attached hydrogen (secondary N) is 2. The zero-order chi connectivity index (χ0) is 19.2. The van der Waals surface area contributed by atoms with Crippen molar-refractivity contribution in [3.05, 3.63) is 77.0 Å². The fourth-order valence-corrected chi connectivity index (χ4v) is 2.48. The van der Waals surface area contributed by atoms with Crippen molar-refractivity contribution < 1.29 is 18.7 Å². The summed E-state index contributed by atoms with van der Waals surface area (Å²) in [5, 5.41) is 6.10. The van der Waals surface area contributed by atoms with E-state index in [2.05, 4.69) is 20.4 Å². The number of nitrogens with zero attached hydrogens (tertiary/aromatic N) is 1. The first-order chi connectivity index (χ1) is 13.1. The number of methoxy groups -OCH3 is 1. The maximum Gasteiger partial charge on any atom is 0.337 e. The van der Waals surface area contributed by atoms with Gasteiger partial charge in [0.1, 0.15) is 11.5 Å². The van der Waals surface area contributed by atoms with Crippen molar-refractivity contribution in [3.63, 3.8) is 0 Å². The van der Waals surface area contributed by atoms with Crippen LogP contribution in [0.4, 0.5) is 11.4 Å². The van der Waals surface area contributed by atoms with E-state index in [0.717, 1.165) is 5.76 Å². The number of benzene rings is 1. The first-order valence-corrected chi connectivity index (χ1v) is 8.36. The molecule has 0 radical (unpaired) electrons. The summed E-state index contributed by atoms with van der Waals surface area (Å²) < 4.78 is 9.93. The van der Waals surface area contributed by atoms with Gasteiger partial charge in [0.25, 0.3) is 5.91 Å². The van der Waals surface area contributed by atoms with Crippen LogP contribution in [0.5, 0.6) is 0 Å². The van der Waals surface area contributed by atoms with Gasteiger partial charge >= 0.3 is 5.97 Å². The summed E-state index contributed by atoms with van der Waals surface area (Å²) in [6, 6.07) is 11.5. The van der Waals surface area contributed by atoms with Gasteiger partial charge < -0.3 is 19.8 Å². The zero-order valence-corrected chi connectivity index (χ0v) is 15.1. The number of carbonyl (C=O) groups excluding carboxylic acids is 2. The average molecular weight is 386 g/mol. The standard InChI is InChI=1S/C19H16ClN3O4/c1-26-19(25)12-4-5-15(20)16(9-12)23-18(24)17-10-13(6-7-21-17)22-11-14-3-2-8-27-14/h2-10H,11H2,1H3,(H,21,22)(H,23,24). The van der Waals surface area contributed by atoms with Gasteiger partial charge in [-0.1, -0.05) is 11.6 Å². The maximum absolute atomic E-state index is 12.5. The Bertz CT molecular complexity index is 957. The van der Waals surface area contributed by atoms with Crippen LogP contribution in [0.1, 0.15) is 26.6 Å². The van der Waals surface area contributed by atoms with Crippen LogP contribution in [0.15, 0.2) is 59.3 Å². The van der Waals surface area contributed by atoms with Crippen LogP contribution in [-0.2, 0) is 11.3 Å². The number of carbonyl (C=O) groups is 2. The van der Waals surface area contributed by atoms with Crippen molar-refractivity contribution in [2.75, 3.05) is 17.7 Å². The third-order valence-corrected chi connectivity index (χ3v) is 4.00. The molecule has 0 spiro atoms. The highest BCUT2D eigenvalue weighted by Gasteiger charge is 2.14. The average Bonchev–Trinajstić information content (AvgIpc) is 3.21. The van der Waals surface area contributed by atoms with E-state index in [9.17, 15) is 9.59 Å². The lowest BCUT2D eigenvalue weighted by atomic mass is 10.2. The molecule has 0 saturated carbocycles. The Balaban J connectivity index is 1.72. The lowest BCUT2D eigenvalue weighted by molar-refractivity contribution is 0.0600. The number of hydrogen-bond acceptors (Lipinski definition) is 6. The highest BCUT2D eigenvalue weighted by molar-refractivity contribution is 6.34. The van der Waals surface area contributed by atoms with Gasteiger partial charge in [-0.05, 0) is 42.5 Å². The Morgan fingerprint density at radius 3 is 2.81 bits per heavy atom. The second-order valence-corrected chi connectivity index (χ2v) is 5.91. The third-order valence-electron chi connectivity index (χ3n) is 3.68. The minimum Gasteiger partial charge on any atom is -0.467 e. The SMILES string of the molecule is COC(=O)c1ccc(Cl)c(NC(=O)c2cc(NCc3ccco3)ccn2)c1. The van der Waals surface area contributed by atoms with Crippen LogP contribution in [0.3, 0.4) is 0 Å². The number of furan rings is 1. The number of hydrogen-bond donors (Lipinski definition) is 2. The summed E-state index contributed by atoms with van der Waals surface area (Å²) in [4.78, 5) is 28.2. The Morgan fingerprint density at radius 2 is 2.07 bits per heavy atom. The molecule has 0 unspecified atom stereocenters. The number of halogens is 1. The number of pyridine rings is 1. The summed E-state index contributed by atoms with van der Waals surface area (Å²) in [6.07, 6.45) is 3.11. The highest BCUT2D eigenvalue weighted by atomic mass is 35.5. The number of esters is 1. The minimum atomic E-state index is -0.524. The molecule has 2 heterocycles. The molecule has 0 fully saturated rings. The minimum absolute atomic E-state index is 0.194. The summed E-state index contributed by atoms with van der Waals surface area (Å²) in [7, 11) is 1.28. The number of amides is 1. The zero-order valence-electron chi connectivity index (χ0n) is 14.4. The molecule has 0 saturated heterocycles. The highest BCUT2D eigenvalue weighted by Crippen LogP contribution is 2.24. The number of rotatable bonds is 6. The summed E-state index contributed by atoms with van der Waals surface area (Å²) in [6.45, 7) is 0.477. The van der Waals surface area contributed by atoms with Crippen LogP contribution >= 0.6 is 11.6 Å². The Labute approximate surface area is 160 Å². The van der Waals surface area contributed by atoms with E-state index in [1.165, 1.54) is 31.5 Å². The molecule has 8 heteroatoms. The van der Waals surface area contributed by atoms with E-state index < -0.39 is 11.9 Å². The van der Waals surface area contributed by atoms with Gasteiger partial charge in [-0.15, -0.1) is 0 Å². The van der Waals surface area contributed by atoms with Gasteiger partial charge in [-0.2, -0.15) is 0 Å². The Kier molecular flexibility index (Phi) is 5.73. The van der Waals surface area contributed by atoms with Gasteiger partial charge in [-0.25, -0.2) is 4.79 Å². The molecule has 1 aromatic carbocycles. The fraction of sp³-hybridized carbons (Fsp3) is 0.105. The van der Waals surface area contributed by atoms with Gasteiger partial charge in [0.2, 0.25) is 0 Å². The molecule has 27 heavy (non-hydrogen) atoms. The van der Waals surface area contributed by atoms with Crippen molar-refractivity contribution in [1.29, 1.82) is 0 Å². The molecule has 2 N–H and O–H groups in total. The molecular weight excluding hydrogens is 370 g/mol. The molecule has 3 rings (SSSR count). The fourth-order valence-electron chi connectivity index (χ4n) is 2.32. The Hall–Kier alpha value is -3.32. The van der Waals surface area contributed by atoms with E-state index >= 15 is 0 Å². The summed E-state index contributed by atoms with van der Waals surface area (Å²) in [5.41, 5.74) is 1.47. The molecule has 0 aliphatic heterocycles. The number of ether oxygens (including phenoxy) is 1. The molecule has 138 valence electrons. The largest absolute Gasteiger partial charge is 0.467 e.